The zero-order valence-electron chi connectivity index (χ0n) is 51.3. The third-order valence-electron chi connectivity index (χ3n) is 14.9. The van der Waals surface area contributed by atoms with Crippen molar-refractivity contribution in [3.63, 3.8) is 0 Å². The van der Waals surface area contributed by atoms with Crippen LogP contribution in [0.4, 0.5) is 34.1 Å². The molecule has 30 nitrogen and oxygen atoms in total. The van der Waals surface area contributed by atoms with Gasteiger partial charge in [0.2, 0.25) is 0 Å². The molecule has 0 saturated heterocycles. The van der Waals surface area contributed by atoms with E-state index < -0.39 is 166 Å². The molecule has 6 aliphatic heterocycles. The van der Waals surface area contributed by atoms with Crippen LogP contribution in [0.25, 0.3) is 32.3 Å². The van der Waals surface area contributed by atoms with Gasteiger partial charge in [0.25, 0.3) is 37.8 Å². The van der Waals surface area contributed by atoms with Crippen molar-refractivity contribution in [2.75, 3.05) is 0 Å². The molecule has 0 bridgehead atoms. The number of fused-ring (bicyclic) bond motifs is 9. The Hall–Kier alpha value is -11.7. The number of cyclic esters (lactones) is 12. The summed E-state index contributed by atoms with van der Waals surface area (Å²) in [5.74, 6) is -10.4. The molecular weight excluding hydrogens is 1640 g/mol. The van der Waals surface area contributed by atoms with Crippen LogP contribution in [0.1, 0.15) is 124 Å². The minimum absolute atomic E-state index is 0.0103. The van der Waals surface area contributed by atoms with Gasteiger partial charge in [-0.25, -0.2) is 91.2 Å². The molecule has 0 spiro atoms. The number of rotatable bonds is 6. The van der Waals surface area contributed by atoms with Crippen LogP contribution in [0.3, 0.4) is 0 Å². The SMILES string of the molecule is O=C1OC(=O)c2cc(S(=O)(=O)C(F)(F)F)ccc21.O=C1OC(=O)c2cc(S(=O)(=O)Cl)ccc21.O=C1OC(=O)c2cc(S(=O)(=O)F)ccc21.O=C1OC(=O)c2cc3cc(S(=O)(=O)C(F)(F)F)ccc3cc21.O=C1OC(=O)c2cc3cc(S(=O)(=O)Cl)ccc3cc21.O=C1OC(=O)c2cc3cc(S(=O)(=O)F)ccc3cc21. The first-order valence-corrected chi connectivity index (χ1v) is 38.3. The number of carbonyl (C=O) groups excluding carboxylic acids is 12. The van der Waals surface area contributed by atoms with Gasteiger partial charge in [-0.2, -0.15) is 43.2 Å². The van der Waals surface area contributed by atoms with Crippen molar-refractivity contribution in [3.8, 4) is 0 Å². The maximum atomic E-state index is 12.9. The third-order valence-corrected chi connectivity index (χ3v) is 22.2. The van der Waals surface area contributed by atoms with E-state index in [0.717, 1.165) is 72.8 Å². The summed E-state index contributed by atoms with van der Waals surface area (Å²) in [6.07, 6.45) is 0. The van der Waals surface area contributed by atoms with Gasteiger partial charge in [-0.05, 0) is 160 Å². The Kier molecular flexibility index (Phi) is 20.4. The predicted octanol–water partition coefficient (Wildman–Crippen LogP) is 9.20. The van der Waals surface area contributed by atoms with E-state index in [1.165, 1.54) is 60.7 Å². The van der Waals surface area contributed by atoms with Crippen molar-refractivity contribution < 1.29 is 171 Å². The van der Waals surface area contributed by atoms with Crippen molar-refractivity contribution in [1.29, 1.82) is 0 Å². The fourth-order valence-corrected chi connectivity index (χ4v) is 14.0. The Morgan fingerprint density at radius 3 is 0.685 bits per heavy atom. The molecule has 0 saturated carbocycles. The average molecular weight is 1660 g/mol. The number of esters is 12. The van der Waals surface area contributed by atoms with Gasteiger partial charge in [0, 0.05) is 21.4 Å². The molecule has 9 aromatic carbocycles. The average Bonchev–Trinajstić information content (AvgIpc) is 0.866. The second-order valence-electron chi connectivity index (χ2n) is 21.6. The molecule has 15 rings (SSSR count). The van der Waals surface area contributed by atoms with E-state index in [0.29, 0.717) is 39.1 Å². The Morgan fingerprint density at radius 1 is 0.222 bits per heavy atom. The maximum absolute atomic E-state index is 12.9. The van der Waals surface area contributed by atoms with Crippen molar-refractivity contribution in [2.24, 2.45) is 0 Å². The summed E-state index contributed by atoms with van der Waals surface area (Å²) in [4.78, 5) is 131. The molecule has 0 unspecified atom stereocenters. The highest BCUT2D eigenvalue weighted by atomic mass is 35.7. The van der Waals surface area contributed by atoms with Crippen LogP contribution in [0.2, 0.25) is 0 Å². The summed E-state index contributed by atoms with van der Waals surface area (Å²) >= 11 is 0. The molecule has 46 heteroatoms. The van der Waals surface area contributed by atoms with Gasteiger partial charge in [-0.15, -0.1) is 7.77 Å². The molecule has 0 aromatic heterocycles. The van der Waals surface area contributed by atoms with Crippen molar-refractivity contribution in [3.05, 3.63) is 212 Å². The number of benzene rings is 9. The third kappa shape index (κ3) is 15.8. The molecule has 0 radical (unpaired) electrons. The van der Waals surface area contributed by atoms with Crippen LogP contribution < -0.4 is 0 Å². The van der Waals surface area contributed by atoms with E-state index in [2.05, 4.69) is 28.4 Å². The lowest BCUT2D eigenvalue weighted by molar-refractivity contribution is -0.0442. The number of ether oxygens (including phenoxy) is 6. The molecule has 6 heterocycles. The highest BCUT2D eigenvalue weighted by Gasteiger charge is 2.49. The Morgan fingerprint density at radius 2 is 0.398 bits per heavy atom. The largest absolute Gasteiger partial charge is 0.501 e. The lowest BCUT2D eigenvalue weighted by Crippen LogP contribution is -2.23. The minimum Gasteiger partial charge on any atom is -0.386 e. The molecule has 0 N–H and O–H groups in total. The molecule has 0 fully saturated rings. The van der Waals surface area contributed by atoms with Gasteiger partial charge in [-0.3, -0.25) is 0 Å². The number of alkyl halides is 6. The Labute approximate surface area is 603 Å². The highest BCUT2D eigenvalue weighted by molar-refractivity contribution is 8.14. The van der Waals surface area contributed by atoms with Crippen LogP contribution in [0.15, 0.2) is 175 Å². The van der Waals surface area contributed by atoms with E-state index in [4.69, 9.17) is 21.4 Å². The van der Waals surface area contributed by atoms with Crippen LogP contribution in [0, 0.1) is 0 Å². The second-order valence-corrected chi connectivity index (χ2v) is 33.3. The van der Waals surface area contributed by atoms with Gasteiger partial charge < -0.3 is 28.4 Å². The van der Waals surface area contributed by atoms with Crippen LogP contribution >= 0.6 is 21.4 Å². The summed E-state index contributed by atoms with van der Waals surface area (Å²) in [5, 5.41) is 2.35. The quantitative estimate of drug-likeness (QED) is 0.0492. The molecule has 0 aliphatic carbocycles. The Bertz CT molecular complexity index is 6210. The van der Waals surface area contributed by atoms with E-state index in [1.807, 2.05) is 0 Å². The van der Waals surface area contributed by atoms with E-state index in [9.17, 15) is 142 Å². The normalized spacial score (nSPS) is 14.9. The zero-order valence-corrected chi connectivity index (χ0v) is 57.7. The molecule has 558 valence electrons. The van der Waals surface area contributed by atoms with Crippen molar-refractivity contribution in [2.45, 2.75) is 40.4 Å². The van der Waals surface area contributed by atoms with Gasteiger partial charge in [0.15, 0.2) is 0 Å². The minimum atomic E-state index is -5.56. The Balaban J connectivity index is 0.000000139. The van der Waals surface area contributed by atoms with Crippen LogP contribution in [-0.4, -0.2) is 133 Å². The number of halogens is 10. The molecule has 0 amide bonds. The van der Waals surface area contributed by atoms with Gasteiger partial charge in [0.05, 0.1) is 96.1 Å². The number of hydrogen-bond acceptors (Lipinski definition) is 30. The van der Waals surface area contributed by atoms with Crippen molar-refractivity contribution in [1.82, 2.24) is 0 Å². The summed E-state index contributed by atoms with van der Waals surface area (Å²) in [5.41, 5.74) is -11.6. The second kappa shape index (κ2) is 27.9. The van der Waals surface area contributed by atoms with Crippen LogP contribution in [-0.2, 0) is 86.6 Å². The van der Waals surface area contributed by atoms with E-state index in [-0.39, 0.29) is 76.4 Å². The molecule has 9 aromatic rings. The number of hydrogen-bond donors (Lipinski definition) is 0. The van der Waals surface area contributed by atoms with E-state index in [1.54, 1.807) is 0 Å². The summed E-state index contributed by atoms with van der Waals surface area (Å²) in [6.45, 7) is 0. The highest BCUT2D eigenvalue weighted by Crippen LogP contribution is 2.37. The van der Waals surface area contributed by atoms with Gasteiger partial charge in [-0.1, -0.05) is 18.2 Å². The number of carbonyl (C=O) groups is 12. The molecule has 6 aliphatic rings. The topological polar surface area (TPSA) is 465 Å². The summed E-state index contributed by atoms with van der Waals surface area (Å²) in [7, 11) is -18.2. The van der Waals surface area contributed by atoms with Gasteiger partial charge in [0.1, 0.15) is 0 Å². The van der Waals surface area contributed by atoms with Crippen molar-refractivity contribution >= 4 is 184 Å². The standard InChI is InChI=1S/C13H5F3O5S.C12H5ClO5S.C12H5FO5S.C9H3F3O5S.C8H3ClO5S.C8H3FO5S/c14-13(15,16)22(19,20)8-2-1-6-4-9-10(5-7(6)3-8)12(18)21-11(9)17;2*13-19(16,17)8-2-1-6-4-9-10(5-7(6)3-8)12(15)18-11(9)14;10-9(11,12)18(15,16)4-1-2-5-6(3-4)8(14)17-7(5)13;2*9-15(12,13)4-1-2-5-6(3-4)8(11)14-7(5)10/h1-5H;2*1-5H;1-3H;2*1-3H. The first kappa shape index (κ1) is 78.9. The lowest BCUT2D eigenvalue weighted by atomic mass is 10.0. The summed E-state index contributed by atoms with van der Waals surface area (Å²) < 4.78 is 258. The number of sulfone groups is 2. The fraction of sp³-hybridized carbons (Fsp3) is 0.0323. The summed E-state index contributed by atoms with van der Waals surface area (Å²) in [6, 6.07) is 26.4. The molecular formula is C62H24Cl2F8O30S6. The molecule has 0 atom stereocenters. The smallest absolute Gasteiger partial charge is 0.386 e. The first-order valence-electron chi connectivity index (χ1n) is 27.9. The van der Waals surface area contributed by atoms with Crippen LogP contribution in [0.5, 0.6) is 0 Å². The lowest BCUT2D eigenvalue weighted by Gasteiger charge is -2.09. The maximum Gasteiger partial charge on any atom is 0.501 e. The monoisotopic (exact) mass is 1660 g/mol. The zero-order chi connectivity index (χ0) is 80.0. The first-order chi connectivity index (χ1) is 49.8. The predicted molar refractivity (Wildman–Crippen MR) is 339 cm³/mol. The van der Waals surface area contributed by atoms with E-state index >= 15 is 0 Å². The fourth-order valence-electron chi connectivity index (χ4n) is 9.82. The van der Waals surface area contributed by atoms with Gasteiger partial charge >= 0.3 is 103 Å². The molecule has 108 heavy (non-hydrogen) atoms.